The molecule has 1 aromatic heterocycles. The fourth-order valence-electron chi connectivity index (χ4n) is 1.83. The Morgan fingerprint density at radius 1 is 1.20 bits per heavy atom. The van der Waals surface area contributed by atoms with Crippen molar-refractivity contribution < 1.29 is 4.39 Å². The minimum Gasteiger partial charge on any atom is -0.312 e. The van der Waals surface area contributed by atoms with E-state index in [4.69, 9.17) is 0 Å². The Hall–Kier alpha value is -1.39. The second-order valence-electron chi connectivity index (χ2n) is 5.03. The van der Waals surface area contributed by atoms with E-state index in [0.29, 0.717) is 12.5 Å². The summed E-state index contributed by atoms with van der Waals surface area (Å²) in [4.78, 5) is 6.01. The van der Waals surface area contributed by atoms with Crippen molar-refractivity contribution in [1.82, 2.24) is 10.3 Å². The van der Waals surface area contributed by atoms with Gasteiger partial charge in [-0.3, -0.25) is 4.98 Å². The summed E-state index contributed by atoms with van der Waals surface area (Å²) in [6.45, 7) is 5.72. The summed E-state index contributed by atoms with van der Waals surface area (Å²) >= 11 is 1.57. The molecular weight excluding hydrogens is 271 g/mol. The molecule has 1 aromatic carbocycles. The molecule has 1 heterocycles. The maximum Gasteiger partial charge on any atom is 0.128 e. The van der Waals surface area contributed by atoms with E-state index in [2.05, 4.69) is 24.1 Å². The molecule has 2 nitrogen and oxygen atoms in total. The fourth-order valence-corrected chi connectivity index (χ4v) is 2.78. The van der Waals surface area contributed by atoms with Crippen molar-refractivity contribution in [3.63, 3.8) is 0 Å². The van der Waals surface area contributed by atoms with Crippen LogP contribution in [0.2, 0.25) is 0 Å². The van der Waals surface area contributed by atoms with Crippen LogP contribution in [0.15, 0.2) is 52.5 Å². The molecule has 0 spiro atoms. The van der Waals surface area contributed by atoms with Crippen molar-refractivity contribution in [3.05, 3.63) is 54.1 Å². The van der Waals surface area contributed by atoms with Crippen LogP contribution in [-0.4, -0.2) is 11.5 Å². The van der Waals surface area contributed by atoms with Gasteiger partial charge in [-0.2, -0.15) is 0 Å². The zero-order valence-corrected chi connectivity index (χ0v) is 12.6. The van der Waals surface area contributed by atoms with Crippen LogP contribution < -0.4 is 5.32 Å². The second-order valence-corrected chi connectivity index (χ2v) is 6.14. The summed E-state index contributed by atoms with van der Waals surface area (Å²) in [5.74, 6) is 0.401. The lowest BCUT2D eigenvalue weighted by Crippen LogP contribution is -2.20. The van der Waals surface area contributed by atoms with E-state index >= 15 is 0 Å². The van der Waals surface area contributed by atoms with E-state index in [-0.39, 0.29) is 5.82 Å². The standard InChI is InChI=1S/C16H19FN2S/c1-12(2)10-19-11-14-15(17)4-3-5-16(14)20-13-6-8-18-9-7-13/h3-9,12,19H,10-11H2,1-2H3. The number of nitrogens with one attached hydrogen (secondary N) is 1. The molecule has 0 saturated heterocycles. The van der Waals surface area contributed by atoms with Gasteiger partial charge in [-0.15, -0.1) is 0 Å². The van der Waals surface area contributed by atoms with E-state index < -0.39 is 0 Å². The minimum atomic E-state index is -0.152. The largest absolute Gasteiger partial charge is 0.312 e. The number of aromatic nitrogens is 1. The third-order valence-electron chi connectivity index (χ3n) is 2.81. The Morgan fingerprint density at radius 3 is 2.65 bits per heavy atom. The molecule has 0 aliphatic heterocycles. The van der Waals surface area contributed by atoms with Crippen molar-refractivity contribution in [3.8, 4) is 0 Å². The summed E-state index contributed by atoms with van der Waals surface area (Å²) in [7, 11) is 0. The third-order valence-corrected chi connectivity index (χ3v) is 3.92. The Morgan fingerprint density at radius 2 is 1.95 bits per heavy atom. The predicted octanol–water partition coefficient (Wildman–Crippen LogP) is 4.12. The maximum absolute atomic E-state index is 14.0. The number of pyridine rings is 1. The van der Waals surface area contributed by atoms with Crippen LogP contribution in [0.25, 0.3) is 0 Å². The first kappa shape index (κ1) is 15.0. The molecule has 0 aliphatic carbocycles. The summed E-state index contributed by atoms with van der Waals surface area (Å²) in [6, 6.07) is 9.09. The van der Waals surface area contributed by atoms with Gasteiger partial charge in [-0.1, -0.05) is 31.7 Å². The van der Waals surface area contributed by atoms with Crippen LogP contribution in [0.5, 0.6) is 0 Å². The second kappa shape index (κ2) is 7.41. The lowest BCUT2D eigenvalue weighted by molar-refractivity contribution is 0.530. The highest BCUT2D eigenvalue weighted by Crippen LogP contribution is 2.31. The van der Waals surface area contributed by atoms with Crippen molar-refractivity contribution in [1.29, 1.82) is 0 Å². The molecule has 2 rings (SSSR count). The van der Waals surface area contributed by atoms with Crippen molar-refractivity contribution in [2.75, 3.05) is 6.54 Å². The van der Waals surface area contributed by atoms with Gasteiger partial charge in [-0.05, 0) is 36.7 Å². The summed E-state index contributed by atoms with van der Waals surface area (Å²) in [6.07, 6.45) is 3.50. The Kier molecular flexibility index (Phi) is 5.56. The zero-order valence-electron chi connectivity index (χ0n) is 11.8. The molecule has 20 heavy (non-hydrogen) atoms. The van der Waals surface area contributed by atoms with E-state index in [1.165, 1.54) is 6.07 Å². The highest BCUT2D eigenvalue weighted by atomic mass is 32.2. The molecule has 0 bridgehead atoms. The SMILES string of the molecule is CC(C)CNCc1c(F)cccc1Sc1ccncc1. The van der Waals surface area contributed by atoms with Crippen LogP contribution in [0.4, 0.5) is 4.39 Å². The average molecular weight is 290 g/mol. The quantitative estimate of drug-likeness (QED) is 0.866. The monoisotopic (exact) mass is 290 g/mol. The Balaban J connectivity index is 2.13. The number of hydrogen-bond acceptors (Lipinski definition) is 3. The molecular formula is C16H19FN2S. The maximum atomic E-state index is 14.0. The molecule has 106 valence electrons. The van der Waals surface area contributed by atoms with Gasteiger partial charge in [-0.25, -0.2) is 4.39 Å². The van der Waals surface area contributed by atoms with E-state index in [0.717, 1.165) is 21.9 Å². The smallest absolute Gasteiger partial charge is 0.128 e. The first-order valence-electron chi connectivity index (χ1n) is 6.73. The lowest BCUT2D eigenvalue weighted by atomic mass is 10.2. The third kappa shape index (κ3) is 4.32. The molecule has 0 amide bonds. The van der Waals surface area contributed by atoms with Gasteiger partial charge in [0, 0.05) is 34.3 Å². The van der Waals surface area contributed by atoms with Crippen LogP contribution in [0.1, 0.15) is 19.4 Å². The number of benzene rings is 1. The van der Waals surface area contributed by atoms with E-state index in [9.17, 15) is 4.39 Å². The van der Waals surface area contributed by atoms with E-state index in [1.54, 1.807) is 30.2 Å². The van der Waals surface area contributed by atoms with Crippen molar-refractivity contribution in [2.24, 2.45) is 5.92 Å². The topological polar surface area (TPSA) is 24.9 Å². The molecule has 4 heteroatoms. The normalized spacial score (nSPS) is 11.0. The van der Waals surface area contributed by atoms with Gasteiger partial charge in [0.25, 0.3) is 0 Å². The molecule has 0 fully saturated rings. The average Bonchev–Trinajstić information content (AvgIpc) is 2.43. The summed E-state index contributed by atoms with van der Waals surface area (Å²) < 4.78 is 14.0. The number of rotatable bonds is 6. The number of halogens is 1. The van der Waals surface area contributed by atoms with Gasteiger partial charge in [0.15, 0.2) is 0 Å². The zero-order chi connectivity index (χ0) is 14.4. The summed E-state index contributed by atoms with van der Waals surface area (Å²) in [5.41, 5.74) is 0.731. The molecule has 1 N–H and O–H groups in total. The Labute approximate surface area is 123 Å². The van der Waals surface area contributed by atoms with Crippen molar-refractivity contribution >= 4 is 11.8 Å². The lowest BCUT2D eigenvalue weighted by Gasteiger charge is -2.12. The highest BCUT2D eigenvalue weighted by Gasteiger charge is 2.09. The van der Waals surface area contributed by atoms with E-state index in [1.807, 2.05) is 18.2 Å². The van der Waals surface area contributed by atoms with Gasteiger partial charge < -0.3 is 5.32 Å². The molecule has 0 unspecified atom stereocenters. The van der Waals surface area contributed by atoms with Gasteiger partial charge >= 0.3 is 0 Å². The van der Waals surface area contributed by atoms with Crippen LogP contribution in [-0.2, 0) is 6.54 Å². The Bertz CT molecular complexity index is 543. The minimum absolute atomic E-state index is 0.152. The summed E-state index contributed by atoms with van der Waals surface area (Å²) in [5, 5.41) is 3.30. The number of nitrogens with zero attached hydrogens (tertiary/aromatic N) is 1. The van der Waals surface area contributed by atoms with Crippen LogP contribution >= 0.6 is 11.8 Å². The van der Waals surface area contributed by atoms with Crippen molar-refractivity contribution in [2.45, 2.75) is 30.2 Å². The molecule has 2 aromatic rings. The predicted molar refractivity (Wildman–Crippen MR) is 81.3 cm³/mol. The first-order chi connectivity index (χ1) is 9.66. The van der Waals surface area contributed by atoms with Gasteiger partial charge in [0.2, 0.25) is 0 Å². The van der Waals surface area contributed by atoms with Gasteiger partial charge in [0.1, 0.15) is 5.82 Å². The van der Waals surface area contributed by atoms with Crippen LogP contribution in [0, 0.1) is 11.7 Å². The number of hydrogen-bond donors (Lipinski definition) is 1. The molecule has 0 radical (unpaired) electrons. The fraction of sp³-hybridized carbons (Fsp3) is 0.312. The molecule has 0 saturated carbocycles. The highest BCUT2D eigenvalue weighted by molar-refractivity contribution is 7.99. The van der Waals surface area contributed by atoms with Gasteiger partial charge in [0.05, 0.1) is 0 Å². The molecule has 0 atom stereocenters. The van der Waals surface area contributed by atoms with Crippen LogP contribution in [0.3, 0.4) is 0 Å². The first-order valence-corrected chi connectivity index (χ1v) is 7.54. The molecule has 0 aliphatic rings.